The van der Waals surface area contributed by atoms with Gasteiger partial charge in [-0.05, 0) is 36.6 Å². The molecule has 0 fully saturated rings. The van der Waals surface area contributed by atoms with Crippen LogP contribution in [0.2, 0.25) is 0 Å². The Labute approximate surface area is 112 Å². The number of nitrogens with one attached hydrogen (secondary N) is 1. The van der Waals surface area contributed by atoms with Gasteiger partial charge >= 0.3 is 0 Å². The number of aliphatic hydroxyl groups excluding tert-OH is 1. The van der Waals surface area contributed by atoms with Crippen molar-refractivity contribution in [3.8, 4) is 11.5 Å². The first kappa shape index (κ1) is 13.7. The smallest absolute Gasteiger partial charge is 0.222 e. The molecule has 104 valence electrons. The summed E-state index contributed by atoms with van der Waals surface area (Å²) in [5.41, 5.74) is 2.26. The van der Waals surface area contributed by atoms with Crippen LogP contribution >= 0.6 is 0 Å². The fraction of sp³-hybridized carbons (Fsp3) is 0.500. The Balaban J connectivity index is 1.95. The molecule has 0 atom stereocenters. The van der Waals surface area contributed by atoms with Crippen LogP contribution in [0, 0.1) is 6.92 Å². The van der Waals surface area contributed by atoms with E-state index in [4.69, 9.17) is 14.6 Å². The van der Waals surface area contributed by atoms with E-state index < -0.39 is 0 Å². The number of benzene rings is 1. The molecule has 1 aliphatic rings. The molecule has 0 saturated heterocycles. The molecule has 0 aromatic heterocycles. The van der Waals surface area contributed by atoms with Gasteiger partial charge in [0.05, 0.1) is 6.61 Å². The van der Waals surface area contributed by atoms with Gasteiger partial charge in [-0.15, -0.1) is 0 Å². The third kappa shape index (κ3) is 3.61. The van der Waals surface area contributed by atoms with Crippen molar-refractivity contribution in [2.75, 3.05) is 26.4 Å². The highest BCUT2D eigenvalue weighted by Gasteiger charge is 2.14. The van der Waals surface area contributed by atoms with Crippen molar-refractivity contribution in [2.45, 2.75) is 19.8 Å². The first-order valence-electron chi connectivity index (χ1n) is 6.47. The number of fused-ring (bicyclic) bond motifs is 1. The van der Waals surface area contributed by atoms with E-state index in [1.807, 2.05) is 19.1 Å². The first-order valence-corrected chi connectivity index (χ1v) is 6.47. The molecule has 5 heteroatoms. The van der Waals surface area contributed by atoms with Crippen LogP contribution in [-0.2, 0) is 11.2 Å². The van der Waals surface area contributed by atoms with Crippen molar-refractivity contribution < 1.29 is 19.4 Å². The maximum absolute atomic E-state index is 11.2. The fourth-order valence-electron chi connectivity index (χ4n) is 2.03. The molecule has 1 heterocycles. The average molecular weight is 265 g/mol. The lowest BCUT2D eigenvalue weighted by Gasteiger charge is -2.20. The zero-order valence-corrected chi connectivity index (χ0v) is 11.1. The van der Waals surface area contributed by atoms with Crippen LogP contribution in [0.5, 0.6) is 11.5 Å². The Kier molecular flexibility index (Phi) is 4.63. The normalized spacial score (nSPS) is 13.2. The van der Waals surface area contributed by atoms with Crippen LogP contribution in [0.4, 0.5) is 0 Å². The quantitative estimate of drug-likeness (QED) is 0.826. The number of aryl methyl sites for hydroxylation is 1. The standard InChI is InChI=1S/C14H19NO4/c1-10-8-12-13(19-7-6-18-12)9-11(10)2-4-15-14(17)3-5-16/h8-9,16H,2-7H2,1H3,(H,15,17). The average Bonchev–Trinajstić information content (AvgIpc) is 2.39. The van der Waals surface area contributed by atoms with E-state index >= 15 is 0 Å². The lowest BCUT2D eigenvalue weighted by atomic mass is 10.0. The van der Waals surface area contributed by atoms with Crippen molar-refractivity contribution in [1.29, 1.82) is 0 Å². The molecule has 0 unspecified atom stereocenters. The molecule has 0 bridgehead atoms. The number of hydrogen-bond donors (Lipinski definition) is 2. The van der Waals surface area contributed by atoms with E-state index in [0.717, 1.165) is 29.0 Å². The molecule has 0 spiro atoms. The number of hydrogen-bond acceptors (Lipinski definition) is 4. The first-order chi connectivity index (χ1) is 9.20. The lowest BCUT2D eigenvalue weighted by Crippen LogP contribution is -2.26. The molecule has 2 rings (SSSR count). The van der Waals surface area contributed by atoms with Gasteiger partial charge in [-0.2, -0.15) is 0 Å². The van der Waals surface area contributed by atoms with Crippen LogP contribution in [0.3, 0.4) is 0 Å². The summed E-state index contributed by atoms with van der Waals surface area (Å²) in [7, 11) is 0. The molecule has 1 amide bonds. The van der Waals surface area contributed by atoms with E-state index in [2.05, 4.69) is 5.32 Å². The van der Waals surface area contributed by atoms with Gasteiger partial charge in [0.15, 0.2) is 11.5 Å². The predicted octanol–water partition coefficient (Wildman–Crippen LogP) is 0.807. The molecular weight excluding hydrogens is 246 g/mol. The molecule has 1 aromatic rings. The lowest BCUT2D eigenvalue weighted by molar-refractivity contribution is -0.121. The maximum Gasteiger partial charge on any atom is 0.222 e. The van der Waals surface area contributed by atoms with Crippen molar-refractivity contribution in [2.24, 2.45) is 0 Å². The van der Waals surface area contributed by atoms with Gasteiger partial charge < -0.3 is 19.9 Å². The Morgan fingerprint density at radius 3 is 2.68 bits per heavy atom. The second-order valence-electron chi connectivity index (χ2n) is 4.50. The van der Waals surface area contributed by atoms with Crippen LogP contribution in [-0.4, -0.2) is 37.4 Å². The van der Waals surface area contributed by atoms with Gasteiger partial charge in [0, 0.05) is 13.0 Å². The molecule has 0 radical (unpaired) electrons. The van der Waals surface area contributed by atoms with E-state index in [9.17, 15) is 4.79 Å². The number of carbonyl (C=O) groups excluding carboxylic acids is 1. The van der Waals surface area contributed by atoms with Gasteiger partial charge in [0.25, 0.3) is 0 Å². The highest BCUT2D eigenvalue weighted by atomic mass is 16.6. The van der Waals surface area contributed by atoms with Gasteiger partial charge in [-0.3, -0.25) is 4.79 Å². The molecule has 5 nitrogen and oxygen atoms in total. The highest BCUT2D eigenvalue weighted by molar-refractivity contribution is 5.75. The summed E-state index contributed by atoms with van der Waals surface area (Å²) in [6.45, 7) is 3.61. The molecule has 19 heavy (non-hydrogen) atoms. The minimum Gasteiger partial charge on any atom is -0.486 e. The molecule has 1 aromatic carbocycles. The zero-order chi connectivity index (χ0) is 13.7. The Morgan fingerprint density at radius 1 is 1.32 bits per heavy atom. The van der Waals surface area contributed by atoms with E-state index in [-0.39, 0.29) is 18.9 Å². The SMILES string of the molecule is Cc1cc2c(cc1CCNC(=O)CCO)OCCO2. The summed E-state index contributed by atoms with van der Waals surface area (Å²) in [6, 6.07) is 3.95. The second-order valence-corrected chi connectivity index (χ2v) is 4.50. The number of amides is 1. The molecule has 0 aliphatic carbocycles. The zero-order valence-electron chi connectivity index (χ0n) is 11.1. The van der Waals surface area contributed by atoms with E-state index in [1.165, 1.54) is 0 Å². The van der Waals surface area contributed by atoms with Crippen molar-refractivity contribution in [3.63, 3.8) is 0 Å². The summed E-state index contributed by atoms with van der Waals surface area (Å²) >= 11 is 0. The van der Waals surface area contributed by atoms with Crippen LogP contribution < -0.4 is 14.8 Å². The minimum atomic E-state index is -0.127. The Bertz CT molecular complexity index is 459. The van der Waals surface area contributed by atoms with Crippen LogP contribution in [0.1, 0.15) is 17.5 Å². The van der Waals surface area contributed by atoms with Crippen molar-refractivity contribution >= 4 is 5.91 Å². The second kappa shape index (κ2) is 6.43. The number of rotatable bonds is 5. The molecule has 0 saturated carbocycles. The van der Waals surface area contributed by atoms with E-state index in [0.29, 0.717) is 19.8 Å². The number of aliphatic hydroxyl groups is 1. The summed E-state index contributed by atoms with van der Waals surface area (Å²) < 4.78 is 11.1. The van der Waals surface area contributed by atoms with Gasteiger partial charge in [-0.25, -0.2) is 0 Å². The monoisotopic (exact) mass is 265 g/mol. The molecular formula is C14H19NO4. The summed E-state index contributed by atoms with van der Waals surface area (Å²) in [4.78, 5) is 11.2. The van der Waals surface area contributed by atoms with Crippen LogP contribution in [0.25, 0.3) is 0 Å². The maximum atomic E-state index is 11.2. The summed E-state index contributed by atoms with van der Waals surface area (Å²) in [5.74, 6) is 1.43. The van der Waals surface area contributed by atoms with E-state index in [1.54, 1.807) is 0 Å². The summed E-state index contributed by atoms with van der Waals surface area (Å²) in [5, 5.41) is 11.4. The molecule has 2 N–H and O–H groups in total. The molecule has 1 aliphatic heterocycles. The number of carbonyl (C=O) groups is 1. The fourth-order valence-corrected chi connectivity index (χ4v) is 2.03. The number of ether oxygens (including phenoxy) is 2. The third-order valence-electron chi connectivity index (χ3n) is 3.06. The predicted molar refractivity (Wildman–Crippen MR) is 70.6 cm³/mol. The van der Waals surface area contributed by atoms with Gasteiger partial charge in [-0.1, -0.05) is 0 Å². The van der Waals surface area contributed by atoms with Gasteiger partial charge in [0.1, 0.15) is 13.2 Å². The minimum absolute atomic E-state index is 0.116. The van der Waals surface area contributed by atoms with Crippen molar-refractivity contribution in [1.82, 2.24) is 5.32 Å². The van der Waals surface area contributed by atoms with Gasteiger partial charge in [0.2, 0.25) is 5.91 Å². The van der Waals surface area contributed by atoms with Crippen molar-refractivity contribution in [3.05, 3.63) is 23.3 Å². The van der Waals surface area contributed by atoms with Crippen LogP contribution in [0.15, 0.2) is 12.1 Å². The third-order valence-corrected chi connectivity index (χ3v) is 3.06. The highest BCUT2D eigenvalue weighted by Crippen LogP contribution is 2.33. The largest absolute Gasteiger partial charge is 0.486 e. The summed E-state index contributed by atoms with van der Waals surface area (Å²) in [6.07, 6.45) is 0.889. The Morgan fingerprint density at radius 2 is 2.00 bits per heavy atom. The topological polar surface area (TPSA) is 67.8 Å². The Hall–Kier alpha value is -1.75.